The molecule has 0 bridgehead atoms. The zero-order valence-corrected chi connectivity index (χ0v) is 14.0. The summed E-state index contributed by atoms with van der Waals surface area (Å²) >= 11 is 0. The van der Waals surface area contributed by atoms with Crippen LogP contribution < -0.4 is 9.80 Å². The second-order valence-corrected chi connectivity index (χ2v) is 6.53. The van der Waals surface area contributed by atoms with Crippen LogP contribution >= 0.6 is 0 Å². The summed E-state index contributed by atoms with van der Waals surface area (Å²) in [6.07, 6.45) is 8.14. The van der Waals surface area contributed by atoms with Crippen molar-refractivity contribution < 1.29 is 0 Å². The Morgan fingerprint density at radius 1 is 0.792 bits per heavy atom. The molecular weight excluding hydrogens is 300 g/mol. The lowest BCUT2D eigenvalue weighted by molar-refractivity contribution is 0.249. The second-order valence-electron chi connectivity index (χ2n) is 6.53. The molecule has 0 atom stereocenters. The van der Waals surface area contributed by atoms with Gasteiger partial charge in [0.15, 0.2) is 0 Å². The first-order chi connectivity index (χ1) is 11.9. The van der Waals surface area contributed by atoms with Crippen molar-refractivity contribution in [2.45, 2.75) is 19.4 Å². The number of aromatic nitrogens is 3. The third kappa shape index (κ3) is 3.48. The average Bonchev–Trinajstić information content (AvgIpc) is 3.18. The lowest BCUT2D eigenvalue weighted by atomic mass is 10.2. The van der Waals surface area contributed by atoms with Crippen LogP contribution in [0.5, 0.6) is 0 Å². The molecule has 0 spiro atoms. The Morgan fingerprint density at radius 2 is 1.54 bits per heavy atom. The minimum atomic E-state index is 0.893. The number of rotatable bonds is 4. The topological polar surface area (TPSA) is 48.4 Å². The number of hydrogen-bond donors (Lipinski definition) is 0. The molecule has 2 aliphatic rings. The largest absolute Gasteiger partial charge is 0.354 e. The molecule has 0 aromatic carbocycles. The first-order valence-corrected chi connectivity index (χ1v) is 8.83. The molecule has 0 aliphatic carbocycles. The number of hydrogen-bond acceptors (Lipinski definition) is 6. The van der Waals surface area contributed by atoms with Crippen LogP contribution in [-0.4, -0.2) is 59.1 Å². The van der Waals surface area contributed by atoms with Crippen molar-refractivity contribution in [2.75, 3.05) is 49.1 Å². The molecule has 0 unspecified atom stereocenters. The van der Waals surface area contributed by atoms with Gasteiger partial charge in [-0.1, -0.05) is 0 Å². The van der Waals surface area contributed by atoms with Crippen LogP contribution in [0.2, 0.25) is 0 Å². The van der Waals surface area contributed by atoms with E-state index in [2.05, 4.69) is 36.8 Å². The standard InChI is InChI=1S/C18H24N6/c1-2-10-24(9-1)18-20-8-5-17(21-18)23-13-11-22(12-14-23)15-16-3-6-19-7-4-16/h3-8H,1-2,9-15H2. The summed E-state index contributed by atoms with van der Waals surface area (Å²) < 4.78 is 0. The Hall–Kier alpha value is -2.21. The summed E-state index contributed by atoms with van der Waals surface area (Å²) in [6.45, 7) is 7.32. The predicted molar refractivity (Wildman–Crippen MR) is 95.2 cm³/mol. The molecule has 0 N–H and O–H groups in total. The molecule has 6 nitrogen and oxygen atoms in total. The molecule has 2 aliphatic heterocycles. The van der Waals surface area contributed by atoms with Crippen molar-refractivity contribution in [3.05, 3.63) is 42.4 Å². The van der Waals surface area contributed by atoms with Gasteiger partial charge in [-0.2, -0.15) is 4.98 Å². The van der Waals surface area contributed by atoms with Gasteiger partial charge < -0.3 is 9.80 Å². The van der Waals surface area contributed by atoms with Crippen LogP contribution in [0.15, 0.2) is 36.8 Å². The van der Waals surface area contributed by atoms with Crippen LogP contribution in [0.25, 0.3) is 0 Å². The first kappa shape index (κ1) is 15.3. The first-order valence-electron chi connectivity index (χ1n) is 8.83. The highest BCUT2D eigenvalue weighted by atomic mass is 15.3. The van der Waals surface area contributed by atoms with E-state index >= 15 is 0 Å². The molecule has 126 valence electrons. The molecule has 0 radical (unpaired) electrons. The van der Waals surface area contributed by atoms with E-state index in [9.17, 15) is 0 Å². The molecule has 0 amide bonds. The van der Waals surface area contributed by atoms with Gasteiger partial charge in [-0.05, 0) is 36.6 Å². The molecule has 24 heavy (non-hydrogen) atoms. The zero-order chi connectivity index (χ0) is 16.2. The van der Waals surface area contributed by atoms with Gasteiger partial charge in [0, 0.05) is 64.4 Å². The SMILES string of the molecule is c1cc(CN2CCN(c3ccnc(N4CCCC4)n3)CC2)ccn1. The summed E-state index contributed by atoms with van der Waals surface area (Å²) in [7, 11) is 0. The highest BCUT2D eigenvalue weighted by Crippen LogP contribution is 2.20. The summed E-state index contributed by atoms with van der Waals surface area (Å²) in [6, 6.07) is 6.23. The van der Waals surface area contributed by atoms with Crippen molar-refractivity contribution in [1.82, 2.24) is 19.9 Å². The second kappa shape index (κ2) is 7.13. The monoisotopic (exact) mass is 324 g/mol. The number of anilines is 2. The lowest BCUT2D eigenvalue weighted by Crippen LogP contribution is -2.46. The minimum Gasteiger partial charge on any atom is -0.354 e. The number of piperazine rings is 1. The Bertz CT molecular complexity index is 648. The molecule has 0 saturated carbocycles. The maximum atomic E-state index is 4.80. The number of nitrogens with zero attached hydrogens (tertiary/aromatic N) is 6. The molecule has 4 heterocycles. The summed E-state index contributed by atoms with van der Waals surface area (Å²) in [4.78, 5) is 20.5. The highest BCUT2D eigenvalue weighted by Gasteiger charge is 2.20. The van der Waals surface area contributed by atoms with E-state index in [0.29, 0.717) is 0 Å². The Balaban J connectivity index is 1.36. The van der Waals surface area contributed by atoms with Crippen LogP contribution in [0, 0.1) is 0 Å². The van der Waals surface area contributed by atoms with Crippen LogP contribution in [0.1, 0.15) is 18.4 Å². The molecule has 2 aromatic rings. The van der Waals surface area contributed by atoms with E-state index in [1.165, 1.54) is 18.4 Å². The molecule has 2 fully saturated rings. The molecule has 6 heteroatoms. The van der Waals surface area contributed by atoms with Crippen molar-refractivity contribution >= 4 is 11.8 Å². The van der Waals surface area contributed by atoms with Gasteiger partial charge >= 0.3 is 0 Å². The van der Waals surface area contributed by atoms with Crippen LogP contribution in [0.3, 0.4) is 0 Å². The fraction of sp³-hybridized carbons (Fsp3) is 0.500. The van der Waals surface area contributed by atoms with Gasteiger partial charge in [0.25, 0.3) is 0 Å². The van der Waals surface area contributed by atoms with Gasteiger partial charge in [0.05, 0.1) is 0 Å². The van der Waals surface area contributed by atoms with Gasteiger partial charge in [-0.15, -0.1) is 0 Å². The Morgan fingerprint density at radius 3 is 2.29 bits per heavy atom. The van der Waals surface area contributed by atoms with E-state index in [1.807, 2.05) is 24.7 Å². The Kier molecular flexibility index (Phi) is 4.55. The van der Waals surface area contributed by atoms with Gasteiger partial charge in [-0.25, -0.2) is 4.98 Å². The molecular formula is C18H24N6. The zero-order valence-electron chi connectivity index (χ0n) is 14.0. The predicted octanol–water partition coefficient (Wildman–Crippen LogP) is 1.79. The fourth-order valence-electron chi connectivity index (χ4n) is 3.47. The van der Waals surface area contributed by atoms with Gasteiger partial charge in [-0.3, -0.25) is 9.88 Å². The van der Waals surface area contributed by atoms with Gasteiger partial charge in [0.2, 0.25) is 5.95 Å². The van der Waals surface area contributed by atoms with Crippen molar-refractivity contribution in [3.8, 4) is 0 Å². The normalized spacial score (nSPS) is 19.0. The van der Waals surface area contributed by atoms with E-state index in [-0.39, 0.29) is 0 Å². The van der Waals surface area contributed by atoms with E-state index in [1.54, 1.807) is 0 Å². The van der Waals surface area contributed by atoms with Crippen LogP contribution in [-0.2, 0) is 6.54 Å². The summed E-state index contributed by atoms with van der Waals surface area (Å²) in [5.41, 5.74) is 1.33. The van der Waals surface area contributed by atoms with Crippen LogP contribution in [0.4, 0.5) is 11.8 Å². The van der Waals surface area contributed by atoms with E-state index in [0.717, 1.165) is 57.6 Å². The summed E-state index contributed by atoms with van der Waals surface area (Å²) in [5, 5.41) is 0. The lowest BCUT2D eigenvalue weighted by Gasteiger charge is -2.35. The van der Waals surface area contributed by atoms with Crippen molar-refractivity contribution in [2.24, 2.45) is 0 Å². The highest BCUT2D eigenvalue weighted by molar-refractivity contribution is 5.44. The maximum Gasteiger partial charge on any atom is 0.227 e. The third-order valence-electron chi connectivity index (χ3n) is 4.87. The quantitative estimate of drug-likeness (QED) is 0.855. The minimum absolute atomic E-state index is 0.893. The van der Waals surface area contributed by atoms with E-state index in [4.69, 9.17) is 4.98 Å². The maximum absolute atomic E-state index is 4.80. The molecule has 4 rings (SSSR count). The van der Waals surface area contributed by atoms with Gasteiger partial charge in [0.1, 0.15) is 5.82 Å². The molecule has 2 saturated heterocycles. The average molecular weight is 324 g/mol. The fourth-order valence-corrected chi connectivity index (χ4v) is 3.47. The van der Waals surface area contributed by atoms with E-state index < -0.39 is 0 Å². The van der Waals surface area contributed by atoms with Crippen molar-refractivity contribution in [1.29, 1.82) is 0 Å². The van der Waals surface area contributed by atoms with Crippen molar-refractivity contribution in [3.63, 3.8) is 0 Å². The summed E-state index contributed by atoms with van der Waals surface area (Å²) in [5.74, 6) is 1.96. The molecule has 2 aromatic heterocycles. The Labute approximate surface area is 143 Å². The number of pyridine rings is 1. The smallest absolute Gasteiger partial charge is 0.227 e. The third-order valence-corrected chi connectivity index (χ3v) is 4.87.